The highest BCUT2D eigenvalue weighted by Crippen LogP contribution is 2.22. The molecule has 0 amide bonds. The van der Waals surface area contributed by atoms with Gasteiger partial charge >= 0.3 is 11.9 Å². The fourth-order valence-corrected chi connectivity index (χ4v) is 3.10. The number of hydrogen-bond acceptors (Lipinski definition) is 7. The van der Waals surface area contributed by atoms with Gasteiger partial charge in [0.05, 0.1) is 0 Å². The van der Waals surface area contributed by atoms with E-state index in [4.69, 9.17) is 14.2 Å². The summed E-state index contributed by atoms with van der Waals surface area (Å²) in [6, 6.07) is 7.26. The summed E-state index contributed by atoms with van der Waals surface area (Å²) in [6.07, 6.45) is -2.79. The van der Waals surface area contributed by atoms with Gasteiger partial charge in [-0.2, -0.15) is 0 Å². The van der Waals surface area contributed by atoms with Gasteiger partial charge in [0.1, 0.15) is 5.75 Å². The number of carbonyl (C=O) groups excluding carboxylic acids is 1. The molecule has 0 aromatic heterocycles. The van der Waals surface area contributed by atoms with Crippen LogP contribution in [0.25, 0.3) is 0 Å². The Labute approximate surface area is 159 Å². The van der Waals surface area contributed by atoms with Crippen molar-refractivity contribution in [1.82, 2.24) is 9.80 Å². The van der Waals surface area contributed by atoms with Gasteiger partial charge in [0.15, 0.2) is 12.2 Å². The monoisotopic (exact) mass is 380 g/mol. The molecule has 1 aliphatic rings. The van der Waals surface area contributed by atoms with Crippen LogP contribution in [-0.2, 0) is 25.6 Å². The number of benzene rings is 1. The largest absolute Gasteiger partial charge is 0.479 e. The van der Waals surface area contributed by atoms with Crippen LogP contribution in [0.1, 0.15) is 12.5 Å². The predicted molar refractivity (Wildman–Crippen MR) is 98.7 cm³/mol. The van der Waals surface area contributed by atoms with Gasteiger partial charge in [-0.1, -0.05) is 25.1 Å². The Balaban J connectivity index is 2.06. The highest BCUT2D eigenvalue weighted by molar-refractivity contribution is 5.86. The summed E-state index contributed by atoms with van der Waals surface area (Å²) in [4.78, 5) is 28.4. The van der Waals surface area contributed by atoms with Crippen molar-refractivity contribution in [3.05, 3.63) is 29.8 Å². The van der Waals surface area contributed by atoms with E-state index >= 15 is 0 Å². The Kier molecular flexibility index (Phi) is 8.18. The summed E-state index contributed by atoms with van der Waals surface area (Å²) in [5.41, 5.74) is 0.870. The topological polar surface area (TPSA) is 88.5 Å². The highest BCUT2D eigenvalue weighted by atomic mass is 16.6. The van der Waals surface area contributed by atoms with Crippen molar-refractivity contribution in [3.63, 3.8) is 0 Å². The molecule has 1 aromatic rings. The molecule has 1 aliphatic heterocycles. The second kappa shape index (κ2) is 10.4. The van der Waals surface area contributed by atoms with E-state index in [1.807, 2.05) is 12.1 Å². The fourth-order valence-electron chi connectivity index (χ4n) is 3.10. The molecule has 0 radical (unpaired) electrons. The van der Waals surface area contributed by atoms with Crippen LogP contribution < -0.4 is 4.74 Å². The lowest BCUT2D eigenvalue weighted by molar-refractivity contribution is -0.169. The second-order valence-electron chi connectivity index (χ2n) is 6.39. The van der Waals surface area contributed by atoms with Gasteiger partial charge in [-0.3, -0.25) is 4.90 Å². The zero-order valence-corrected chi connectivity index (χ0v) is 16.1. The van der Waals surface area contributed by atoms with Crippen LogP contribution in [0.4, 0.5) is 0 Å². The molecule has 8 nitrogen and oxygen atoms in total. The molecular formula is C19H28N2O6. The number of hydrogen-bond donors (Lipinski definition) is 1. The minimum Gasteiger partial charge on any atom is -0.479 e. The van der Waals surface area contributed by atoms with E-state index in [0.29, 0.717) is 12.3 Å². The fraction of sp³-hybridized carbons (Fsp3) is 0.579. The summed E-state index contributed by atoms with van der Waals surface area (Å²) in [5.74, 6) is -1.68. The van der Waals surface area contributed by atoms with Crippen LogP contribution in [0.2, 0.25) is 0 Å². The first kappa shape index (κ1) is 21.3. The standard InChI is InChI=1S/C19H28N2O6/c1-4-20-9-11-21(12-10-20)13-14-7-5-6-8-15(14)27-19(24)17(26-3)16(25-2)18(22)23/h5-8,16-17H,4,9-13H2,1-3H3,(H,22,23). The van der Waals surface area contributed by atoms with Gasteiger partial charge in [0, 0.05) is 52.5 Å². The van der Waals surface area contributed by atoms with Crippen molar-refractivity contribution in [2.45, 2.75) is 25.7 Å². The van der Waals surface area contributed by atoms with Crippen LogP contribution in [0.5, 0.6) is 5.75 Å². The minimum atomic E-state index is -1.43. The van der Waals surface area contributed by atoms with Crippen molar-refractivity contribution in [2.24, 2.45) is 0 Å². The highest BCUT2D eigenvalue weighted by Gasteiger charge is 2.36. The van der Waals surface area contributed by atoms with Gasteiger partial charge in [-0.25, -0.2) is 9.59 Å². The van der Waals surface area contributed by atoms with E-state index in [9.17, 15) is 14.7 Å². The second-order valence-corrected chi connectivity index (χ2v) is 6.39. The van der Waals surface area contributed by atoms with Crippen LogP contribution in [-0.4, -0.2) is 86.0 Å². The Morgan fingerprint density at radius 1 is 1.04 bits per heavy atom. The first-order valence-electron chi connectivity index (χ1n) is 9.02. The van der Waals surface area contributed by atoms with Crippen molar-refractivity contribution >= 4 is 11.9 Å². The molecule has 2 rings (SSSR count). The average molecular weight is 380 g/mol. The first-order valence-corrected chi connectivity index (χ1v) is 9.02. The Bertz CT molecular complexity index is 630. The SMILES string of the molecule is CCN1CCN(Cc2ccccc2OC(=O)C(OC)C(OC)C(=O)O)CC1. The third kappa shape index (κ3) is 5.74. The Morgan fingerprint density at radius 2 is 1.63 bits per heavy atom. The molecule has 150 valence electrons. The van der Waals surface area contributed by atoms with E-state index < -0.39 is 24.1 Å². The van der Waals surface area contributed by atoms with Crippen LogP contribution in [0, 0.1) is 0 Å². The number of ether oxygens (including phenoxy) is 3. The molecule has 27 heavy (non-hydrogen) atoms. The van der Waals surface area contributed by atoms with Crippen LogP contribution >= 0.6 is 0 Å². The van der Waals surface area contributed by atoms with E-state index in [-0.39, 0.29) is 0 Å². The lowest BCUT2D eigenvalue weighted by Gasteiger charge is -2.34. The summed E-state index contributed by atoms with van der Waals surface area (Å²) < 4.78 is 15.3. The van der Waals surface area contributed by atoms with Crippen LogP contribution in [0.3, 0.4) is 0 Å². The quantitative estimate of drug-likeness (QED) is 0.498. The Morgan fingerprint density at radius 3 is 2.19 bits per heavy atom. The minimum absolute atomic E-state index is 0.405. The van der Waals surface area contributed by atoms with Gasteiger partial charge in [0.2, 0.25) is 0 Å². The van der Waals surface area contributed by atoms with Crippen molar-refractivity contribution < 1.29 is 28.9 Å². The van der Waals surface area contributed by atoms with Crippen molar-refractivity contribution in [3.8, 4) is 5.75 Å². The molecule has 2 atom stereocenters. The number of carboxylic acid groups (broad SMARTS) is 1. The molecule has 8 heteroatoms. The van der Waals surface area contributed by atoms with E-state index in [0.717, 1.165) is 38.3 Å². The van der Waals surface area contributed by atoms with Crippen LogP contribution in [0.15, 0.2) is 24.3 Å². The predicted octanol–water partition coefficient (Wildman–Crippen LogP) is 0.844. The number of para-hydroxylation sites is 1. The number of likely N-dealkylation sites (N-methyl/N-ethyl adjacent to an activating group) is 1. The van der Waals surface area contributed by atoms with Gasteiger partial charge in [0.25, 0.3) is 0 Å². The zero-order valence-electron chi connectivity index (χ0n) is 16.1. The zero-order chi connectivity index (χ0) is 19.8. The third-order valence-electron chi connectivity index (χ3n) is 4.75. The molecule has 2 unspecified atom stereocenters. The van der Waals surface area contributed by atoms with E-state index in [1.54, 1.807) is 12.1 Å². The third-order valence-corrected chi connectivity index (χ3v) is 4.75. The normalized spacial score (nSPS) is 18.0. The lowest BCUT2D eigenvalue weighted by atomic mass is 10.1. The number of carbonyl (C=O) groups is 2. The molecule has 1 N–H and O–H groups in total. The number of carboxylic acids is 1. The number of methoxy groups -OCH3 is 2. The molecule has 0 aliphatic carbocycles. The summed E-state index contributed by atoms with van der Waals surface area (Å²) >= 11 is 0. The number of esters is 1. The van der Waals surface area contributed by atoms with E-state index in [2.05, 4.69) is 16.7 Å². The summed E-state index contributed by atoms with van der Waals surface area (Å²) in [6.45, 7) is 7.77. The maximum absolute atomic E-state index is 12.5. The van der Waals surface area contributed by atoms with Crippen molar-refractivity contribution in [1.29, 1.82) is 0 Å². The molecule has 1 heterocycles. The number of piperazine rings is 1. The van der Waals surface area contributed by atoms with Gasteiger partial charge in [-0.15, -0.1) is 0 Å². The molecule has 1 aromatic carbocycles. The summed E-state index contributed by atoms with van der Waals surface area (Å²) in [5, 5.41) is 9.18. The van der Waals surface area contributed by atoms with E-state index in [1.165, 1.54) is 14.2 Å². The van der Waals surface area contributed by atoms with Crippen molar-refractivity contribution in [2.75, 3.05) is 46.9 Å². The molecule has 1 fully saturated rings. The Hall–Kier alpha value is -2.00. The number of aliphatic carboxylic acids is 1. The maximum Gasteiger partial charge on any atom is 0.344 e. The molecule has 1 saturated heterocycles. The number of nitrogens with zero attached hydrogens (tertiary/aromatic N) is 2. The van der Waals surface area contributed by atoms with Gasteiger partial charge in [-0.05, 0) is 12.6 Å². The molecule has 0 spiro atoms. The number of rotatable bonds is 9. The molecule has 0 saturated carbocycles. The maximum atomic E-state index is 12.5. The summed E-state index contributed by atoms with van der Waals surface area (Å²) in [7, 11) is 2.46. The van der Waals surface area contributed by atoms with Gasteiger partial charge < -0.3 is 24.2 Å². The smallest absolute Gasteiger partial charge is 0.344 e. The molecular weight excluding hydrogens is 352 g/mol. The first-order chi connectivity index (χ1) is 13.0. The molecule has 0 bridgehead atoms. The average Bonchev–Trinajstić information content (AvgIpc) is 2.67. The lowest BCUT2D eigenvalue weighted by Crippen LogP contribution is -2.46.